The van der Waals surface area contributed by atoms with Gasteiger partial charge in [0.2, 0.25) is 0 Å². The van der Waals surface area contributed by atoms with Crippen LogP contribution < -0.4 is 0 Å². The molecule has 1 nitrogen and oxygen atoms in total. The van der Waals surface area contributed by atoms with Crippen LogP contribution in [0.5, 0.6) is 0 Å². The summed E-state index contributed by atoms with van der Waals surface area (Å²) in [6.07, 6.45) is 5.38. The molecule has 0 aliphatic rings. The molecule has 1 aromatic carbocycles. The third-order valence-corrected chi connectivity index (χ3v) is 1.46. The maximum absolute atomic E-state index is 6.97. The van der Waals surface area contributed by atoms with Crippen molar-refractivity contribution in [1.29, 1.82) is 5.41 Å². The molecule has 0 spiro atoms. The molecule has 56 valence electrons. The minimum absolute atomic E-state index is 0.943. The lowest BCUT2D eigenvalue weighted by Crippen LogP contribution is -1.78. The van der Waals surface area contributed by atoms with Crippen LogP contribution in [0, 0.1) is 5.41 Å². The first-order valence-corrected chi connectivity index (χ1v) is 3.60. The van der Waals surface area contributed by atoms with Gasteiger partial charge in [-0.2, -0.15) is 0 Å². The van der Waals surface area contributed by atoms with Crippen molar-refractivity contribution in [1.82, 2.24) is 0 Å². The number of rotatable bonds is 2. The highest BCUT2D eigenvalue weighted by Gasteiger charge is 1.85. The number of hydrogen-bond acceptors (Lipinski definition) is 1. The van der Waals surface area contributed by atoms with Gasteiger partial charge < -0.3 is 5.41 Å². The molecule has 1 aromatic rings. The average Bonchev–Trinajstić information content (AvgIpc) is 2.07. The Bertz CT molecular complexity index is 257. The quantitative estimate of drug-likeness (QED) is 0.619. The van der Waals surface area contributed by atoms with E-state index in [0.717, 1.165) is 5.56 Å². The van der Waals surface area contributed by atoms with E-state index >= 15 is 0 Å². The second kappa shape index (κ2) is 3.71. The van der Waals surface area contributed by atoms with Gasteiger partial charge in [-0.15, -0.1) is 0 Å². The van der Waals surface area contributed by atoms with E-state index in [1.807, 2.05) is 43.3 Å². The van der Waals surface area contributed by atoms with Crippen LogP contribution in [0.25, 0.3) is 6.08 Å². The standard InChI is InChI=1S/C10H11N/c1-2-3-9-4-6-10(8-11)7-5-9/h2-8,11H,1H3/b3-2+,11-8?. The van der Waals surface area contributed by atoms with Crippen LogP contribution in [-0.4, -0.2) is 6.21 Å². The molecule has 0 aromatic heterocycles. The zero-order valence-corrected chi connectivity index (χ0v) is 6.54. The van der Waals surface area contributed by atoms with Crippen LogP contribution in [0.1, 0.15) is 18.1 Å². The summed E-state index contributed by atoms with van der Waals surface area (Å²) in [5, 5.41) is 6.97. The molecule has 0 saturated heterocycles. The monoisotopic (exact) mass is 145 g/mol. The maximum atomic E-state index is 6.97. The molecule has 0 unspecified atom stereocenters. The van der Waals surface area contributed by atoms with Crippen LogP contribution in [0.3, 0.4) is 0 Å². The van der Waals surface area contributed by atoms with Gasteiger partial charge in [0.1, 0.15) is 0 Å². The van der Waals surface area contributed by atoms with Gasteiger partial charge >= 0.3 is 0 Å². The molecule has 0 atom stereocenters. The maximum Gasteiger partial charge on any atom is 0.0250 e. The van der Waals surface area contributed by atoms with Gasteiger partial charge in [0.15, 0.2) is 0 Å². The van der Waals surface area contributed by atoms with E-state index in [0.29, 0.717) is 0 Å². The third kappa shape index (κ3) is 2.04. The summed E-state index contributed by atoms with van der Waals surface area (Å²) < 4.78 is 0. The van der Waals surface area contributed by atoms with Crippen LogP contribution in [0.15, 0.2) is 30.3 Å². The highest BCUT2D eigenvalue weighted by atomic mass is 14.3. The molecule has 0 aliphatic carbocycles. The van der Waals surface area contributed by atoms with E-state index in [2.05, 4.69) is 0 Å². The lowest BCUT2D eigenvalue weighted by atomic mass is 10.1. The topological polar surface area (TPSA) is 23.9 Å². The van der Waals surface area contributed by atoms with Crippen LogP contribution in [0.2, 0.25) is 0 Å². The average molecular weight is 145 g/mol. The Morgan fingerprint density at radius 3 is 2.09 bits per heavy atom. The van der Waals surface area contributed by atoms with Crippen molar-refractivity contribution >= 4 is 12.3 Å². The molecule has 0 saturated carbocycles. The Kier molecular flexibility index (Phi) is 2.61. The summed E-state index contributed by atoms with van der Waals surface area (Å²) in [5.41, 5.74) is 2.12. The van der Waals surface area contributed by atoms with Crippen molar-refractivity contribution in [3.8, 4) is 0 Å². The van der Waals surface area contributed by atoms with Crippen molar-refractivity contribution in [2.24, 2.45) is 0 Å². The first kappa shape index (κ1) is 7.73. The SMILES string of the molecule is C/C=C/c1ccc(C=N)cc1. The van der Waals surface area contributed by atoms with Crippen molar-refractivity contribution in [3.05, 3.63) is 41.5 Å². The fourth-order valence-electron chi connectivity index (χ4n) is 0.896. The summed E-state index contributed by atoms with van der Waals surface area (Å²) in [6, 6.07) is 7.87. The van der Waals surface area contributed by atoms with E-state index < -0.39 is 0 Å². The molecule has 0 amide bonds. The summed E-state index contributed by atoms with van der Waals surface area (Å²) in [5.74, 6) is 0. The Morgan fingerprint density at radius 2 is 1.64 bits per heavy atom. The zero-order chi connectivity index (χ0) is 8.10. The Balaban J connectivity index is 2.91. The van der Waals surface area contributed by atoms with Crippen molar-refractivity contribution < 1.29 is 0 Å². The summed E-state index contributed by atoms with van der Waals surface area (Å²) >= 11 is 0. The number of allylic oxidation sites excluding steroid dienone is 1. The largest absolute Gasteiger partial charge is 0.308 e. The summed E-state index contributed by atoms with van der Waals surface area (Å²) in [7, 11) is 0. The normalized spacial score (nSPS) is 10.3. The van der Waals surface area contributed by atoms with Crippen molar-refractivity contribution in [2.45, 2.75) is 6.92 Å². The van der Waals surface area contributed by atoms with Gasteiger partial charge in [0, 0.05) is 6.21 Å². The van der Waals surface area contributed by atoms with E-state index in [1.165, 1.54) is 11.8 Å². The van der Waals surface area contributed by atoms with Crippen LogP contribution >= 0.6 is 0 Å². The second-order valence-corrected chi connectivity index (χ2v) is 2.31. The lowest BCUT2D eigenvalue weighted by Gasteiger charge is -1.92. The molecular weight excluding hydrogens is 134 g/mol. The highest BCUT2D eigenvalue weighted by molar-refractivity contribution is 5.77. The Hall–Kier alpha value is -1.37. The van der Waals surface area contributed by atoms with Crippen molar-refractivity contribution in [3.63, 3.8) is 0 Å². The van der Waals surface area contributed by atoms with Gasteiger partial charge in [-0.25, -0.2) is 0 Å². The Labute approximate surface area is 66.9 Å². The molecule has 1 rings (SSSR count). The molecule has 0 fully saturated rings. The number of nitrogens with one attached hydrogen (secondary N) is 1. The van der Waals surface area contributed by atoms with Gasteiger partial charge in [0.25, 0.3) is 0 Å². The Morgan fingerprint density at radius 1 is 1.09 bits per heavy atom. The fraction of sp³-hybridized carbons (Fsp3) is 0.100. The first-order valence-electron chi connectivity index (χ1n) is 3.60. The van der Waals surface area contributed by atoms with E-state index in [9.17, 15) is 0 Å². The van der Waals surface area contributed by atoms with E-state index in [4.69, 9.17) is 5.41 Å². The zero-order valence-electron chi connectivity index (χ0n) is 6.54. The molecule has 0 aliphatic heterocycles. The molecular formula is C10H11N. The highest BCUT2D eigenvalue weighted by Crippen LogP contribution is 2.03. The predicted molar refractivity (Wildman–Crippen MR) is 49.0 cm³/mol. The fourth-order valence-corrected chi connectivity index (χ4v) is 0.896. The smallest absolute Gasteiger partial charge is 0.0250 e. The minimum atomic E-state index is 0.943. The third-order valence-electron chi connectivity index (χ3n) is 1.46. The van der Waals surface area contributed by atoms with Gasteiger partial charge in [0.05, 0.1) is 0 Å². The van der Waals surface area contributed by atoms with Gasteiger partial charge in [-0.1, -0.05) is 36.4 Å². The summed E-state index contributed by atoms with van der Waals surface area (Å²) in [6.45, 7) is 1.99. The van der Waals surface area contributed by atoms with Crippen molar-refractivity contribution in [2.75, 3.05) is 0 Å². The molecule has 1 heteroatoms. The summed E-state index contributed by atoms with van der Waals surface area (Å²) in [4.78, 5) is 0. The molecule has 0 bridgehead atoms. The lowest BCUT2D eigenvalue weighted by molar-refractivity contribution is 1.53. The van der Waals surface area contributed by atoms with E-state index in [-0.39, 0.29) is 0 Å². The molecule has 0 radical (unpaired) electrons. The predicted octanol–water partition coefficient (Wildman–Crippen LogP) is 2.72. The minimum Gasteiger partial charge on any atom is -0.308 e. The molecule has 0 heterocycles. The molecule has 11 heavy (non-hydrogen) atoms. The van der Waals surface area contributed by atoms with Crippen LogP contribution in [-0.2, 0) is 0 Å². The second-order valence-electron chi connectivity index (χ2n) is 2.31. The molecule has 1 N–H and O–H groups in total. The van der Waals surface area contributed by atoms with Gasteiger partial charge in [-0.3, -0.25) is 0 Å². The number of benzene rings is 1. The van der Waals surface area contributed by atoms with E-state index in [1.54, 1.807) is 0 Å². The first-order chi connectivity index (χ1) is 5.36. The van der Waals surface area contributed by atoms with Gasteiger partial charge in [-0.05, 0) is 18.1 Å². The number of hydrogen-bond donors (Lipinski definition) is 1. The van der Waals surface area contributed by atoms with Crippen LogP contribution in [0.4, 0.5) is 0 Å².